The quantitative estimate of drug-likeness (QED) is 0.663. The molecule has 0 unspecified atom stereocenters. The number of hydrogen-bond donors (Lipinski definition) is 1. The molecule has 1 aliphatic carbocycles. The van der Waals surface area contributed by atoms with Crippen molar-refractivity contribution in [2.24, 2.45) is 0 Å². The van der Waals surface area contributed by atoms with Crippen LogP contribution in [-0.2, 0) is 12.8 Å². The van der Waals surface area contributed by atoms with Crippen molar-refractivity contribution in [3.05, 3.63) is 61.5 Å². The van der Waals surface area contributed by atoms with Crippen LogP contribution in [0, 0.1) is 0 Å². The number of halogens is 2. The Bertz CT molecular complexity index is 1020. The van der Waals surface area contributed by atoms with E-state index in [1.54, 1.807) is 23.5 Å². The summed E-state index contributed by atoms with van der Waals surface area (Å²) in [5.41, 5.74) is 1.85. The van der Waals surface area contributed by atoms with Crippen molar-refractivity contribution in [2.75, 3.05) is 0 Å². The summed E-state index contributed by atoms with van der Waals surface area (Å²) in [4.78, 5) is 22.0. The molecule has 0 aliphatic heterocycles. The number of nitrogens with one attached hydrogen (secondary N) is 1. The second kappa shape index (κ2) is 6.36. The minimum absolute atomic E-state index is 0.111. The summed E-state index contributed by atoms with van der Waals surface area (Å²) in [5.74, 6) is 0.382. The number of aromatic nitrogens is 2. The van der Waals surface area contributed by atoms with Crippen molar-refractivity contribution in [1.29, 1.82) is 0 Å². The zero-order valence-electron chi connectivity index (χ0n) is 12.7. The number of hydrogen-bond acceptors (Lipinski definition) is 3. The van der Waals surface area contributed by atoms with E-state index in [0.29, 0.717) is 15.9 Å². The molecule has 0 spiro atoms. The van der Waals surface area contributed by atoms with Crippen LogP contribution in [0.25, 0.3) is 21.3 Å². The Hall–Kier alpha value is -1.62. The molecular weight excluding hydrogens is 363 g/mol. The first kappa shape index (κ1) is 15.9. The minimum atomic E-state index is -0.111. The summed E-state index contributed by atoms with van der Waals surface area (Å²) < 4.78 is 0. The lowest BCUT2D eigenvalue weighted by atomic mass is 9.97. The monoisotopic (exact) mass is 376 g/mol. The zero-order chi connectivity index (χ0) is 16.7. The van der Waals surface area contributed by atoms with E-state index in [4.69, 9.17) is 23.2 Å². The Labute approximate surface area is 153 Å². The van der Waals surface area contributed by atoms with Gasteiger partial charge in [-0.15, -0.1) is 11.3 Å². The summed E-state index contributed by atoms with van der Waals surface area (Å²) in [5, 5.41) is 1.71. The fraction of sp³-hybridized carbons (Fsp3) is 0.222. The number of aryl methyl sites for hydroxylation is 2. The molecule has 4 rings (SSSR count). The summed E-state index contributed by atoms with van der Waals surface area (Å²) in [7, 11) is 0. The lowest BCUT2D eigenvalue weighted by Crippen LogP contribution is -2.12. The molecule has 3 nitrogen and oxygen atoms in total. The van der Waals surface area contributed by atoms with Crippen LogP contribution >= 0.6 is 34.5 Å². The van der Waals surface area contributed by atoms with Crippen LogP contribution < -0.4 is 5.56 Å². The number of nitrogens with zero attached hydrogens (tertiary/aromatic N) is 1. The van der Waals surface area contributed by atoms with E-state index in [1.165, 1.54) is 16.9 Å². The molecule has 0 amide bonds. The molecule has 122 valence electrons. The summed E-state index contributed by atoms with van der Waals surface area (Å²) in [6.45, 7) is 0. The van der Waals surface area contributed by atoms with Crippen molar-refractivity contribution < 1.29 is 0 Å². The van der Waals surface area contributed by atoms with Crippen molar-refractivity contribution >= 4 is 55.9 Å². The molecule has 0 radical (unpaired) electrons. The maximum Gasteiger partial charge on any atom is 0.260 e. The van der Waals surface area contributed by atoms with Gasteiger partial charge in [0.15, 0.2) is 5.82 Å². The molecular formula is C18H14Cl2N2OS. The molecule has 1 aliphatic rings. The molecule has 2 aromatic heterocycles. The average Bonchev–Trinajstić information content (AvgIpc) is 2.95. The van der Waals surface area contributed by atoms with Crippen LogP contribution in [0.2, 0.25) is 5.02 Å². The third-order valence-corrected chi connectivity index (χ3v) is 6.06. The highest BCUT2D eigenvalue weighted by Gasteiger charge is 2.20. The van der Waals surface area contributed by atoms with Crippen molar-refractivity contribution in [1.82, 2.24) is 9.97 Å². The van der Waals surface area contributed by atoms with Gasteiger partial charge in [-0.05, 0) is 49.0 Å². The van der Waals surface area contributed by atoms with Gasteiger partial charge in [0.1, 0.15) is 4.83 Å². The van der Waals surface area contributed by atoms with E-state index < -0.39 is 0 Å². The second-order valence-corrected chi connectivity index (χ2v) is 7.72. The first-order valence-corrected chi connectivity index (χ1v) is 9.37. The SMILES string of the molecule is O=c1[nH]c(/C(Cl)=C/c2ccccc2Cl)nc2sc3c(c12)CCCC3. The first-order chi connectivity index (χ1) is 11.6. The number of thiophene rings is 1. The summed E-state index contributed by atoms with van der Waals surface area (Å²) in [6, 6.07) is 7.40. The first-order valence-electron chi connectivity index (χ1n) is 7.80. The smallest absolute Gasteiger partial charge is 0.260 e. The summed E-state index contributed by atoms with van der Waals surface area (Å²) in [6.07, 6.45) is 6.03. The minimum Gasteiger partial charge on any atom is -0.305 e. The van der Waals surface area contributed by atoms with Gasteiger partial charge in [0, 0.05) is 9.90 Å². The molecule has 1 N–H and O–H groups in total. The Balaban J connectivity index is 1.83. The lowest BCUT2D eigenvalue weighted by Gasteiger charge is -2.09. The van der Waals surface area contributed by atoms with Gasteiger partial charge in [-0.25, -0.2) is 4.98 Å². The van der Waals surface area contributed by atoms with Crippen LogP contribution in [-0.4, -0.2) is 9.97 Å². The van der Waals surface area contributed by atoms with Crippen LogP contribution in [0.15, 0.2) is 29.1 Å². The van der Waals surface area contributed by atoms with Gasteiger partial charge in [0.05, 0.1) is 10.4 Å². The number of benzene rings is 1. The predicted molar refractivity (Wildman–Crippen MR) is 102 cm³/mol. The highest BCUT2D eigenvalue weighted by atomic mass is 35.5. The van der Waals surface area contributed by atoms with Gasteiger partial charge in [0.25, 0.3) is 5.56 Å². The van der Waals surface area contributed by atoms with Crippen molar-refractivity contribution in [3.63, 3.8) is 0 Å². The lowest BCUT2D eigenvalue weighted by molar-refractivity contribution is 0.700. The van der Waals surface area contributed by atoms with Crippen LogP contribution in [0.4, 0.5) is 0 Å². The van der Waals surface area contributed by atoms with Crippen LogP contribution in [0.5, 0.6) is 0 Å². The maximum atomic E-state index is 12.6. The highest BCUT2D eigenvalue weighted by Crippen LogP contribution is 2.34. The Morgan fingerprint density at radius 3 is 2.88 bits per heavy atom. The predicted octanol–water partition coefficient (Wildman–Crippen LogP) is 5.25. The Morgan fingerprint density at radius 1 is 1.25 bits per heavy atom. The molecule has 0 fully saturated rings. The fourth-order valence-electron chi connectivity index (χ4n) is 3.07. The molecule has 3 aromatic rings. The van der Waals surface area contributed by atoms with E-state index in [0.717, 1.165) is 35.0 Å². The highest BCUT2D eigenvalue weighted by molar-refractivity contribution is 7.18. The average molecular weight is 377 g/mol. The van der Waals surface area contributed by atoms with E-state index in [2.05, 4.69) is 9.97 Å². The van der Waals surface area contributed by atoms with Gasteiger partial charge >= 0.3 is 0 Å². The van der Waals surface area contributed by atoms with E-state index in [-0.39, 0.29) is 5.56 Å². The normalized spacial score (nSPS) is 14.8. The third kappa shape index (κ3) is 2.79. The largest absolute Gasteiger partial charge is 0.305 e. The van der Waals surface area contributed by atoms with Crippen LogP contribution in [0.3, 0.4) is 0 Å². The number of aromatic amines is 1. The second-order valence-electron chi connectivity index (χ2n) is 5.82. The zero-order valence-corrected chi connectivity index (χ0v) is 15.1. The Kier molecular flexibility index (Phi) is 4.21. The molecule has 2 heterocycles. The van der Waals surface area contributed by atoms with Crippen molar-refractivity contribution in [3.8, 4) is 0 Å². The van der Waals surface area contributed by atoms with Crippen LogP contribution in [0.1, 0.15) is 34.7 Å². The topological polar surface area (TPSA) is 45.8 Å². The summed E-state index contributed by atoms with van der Waals surface area (Å²) >= 11 is 14.2. The molecule has 0 bridgehead atoms. The number of fused-ring (bicyclic) bond motifs is 3. The standard InChI is InChI=1S/C18H14Cl2N2OS/c19-12-7-3-1-5-10(12)9-13(20)16-21-17(23)15-11-6-2-4-8-14(11)24-18(15)22-16/h1,3,5,7,9H,2,4,6,8H2,(H,21,22,23)/b13-9-. The molecule has 0 atom stereocenters. The van der Waals surface area contributed by atoms with E-state index in [9.17, 15) is 4.79 Å². The van der Waals surface area contributed by atoms with E-state index in [1.807, 2.05) is 18.2 Å². The molecule has 1 aromatic carbocycles. The molecule has 24 heavy (non-hydrogen) atoms. The van der Waals surface area contributed by atoms with Gasteiger partial charge in [-0.3, -0.25) is 4.79 Å². The Morgan fingerprint density at radius 2 is 2.04 bits per heavy atom. The van der Waals surface area contributed by atoms with Gasteiger partial charge in [0.2, 0.25) is 0 Å². The van der Waals surface area contributed by atoms with E-state index >= 15 is 0 Å². The fourth-order valence-corrected chi connectivity index (χ4v) is 4.73. The molecule has 0 saturated heterocycles. The number of H-pyrrole nitrogens is 1. The third-order valence-electron chi connectivity index (χ3n) is 4.24. The maximum absolute atomic E-state index is 12.6. The van der Waals surface area contributed by atoms with Gasteiger partial charge < -0.3 is 4.98 Å². The van der Waals surface area contributed by atoms with Gasteiger partial charge in [-0.2, -0.15) is 0 Å². The van der Waals surface area contributed by atoms with Gasteiger partial charge in [-0.1, -0.05) is 41.4 Å². The molecule has 6 heteroatoms. The molecule has 0 saturated carbocycles. The number of rotatable bonds is 2. The van der Waals surface area contributed by atoms with Crippen molar-refractivity contribution in [2.45, 2.75) is 25.7 Å².